The summed E-state index contributed by atoms with van der Waals surface area (Å²) in [7, 11) is 0. The van der Waals surface area contributed by atoms with Crippen molar-refractivity contribution in [1.82, 2.24) is 9.97 Å². The van der Waals surface area contributed by atoms with E-state index in [4.69, 9.17) is 16.3 Å². The van der Waals surface area contributed by atoms with Gasteiger partial charge in [0.25, 0.3) is 0 Å². The zero-order valence-electron chi connectivity index (χ0n) is 11.4. The number of nitrogens with zero attached hydrogens (tertiary/aromatic N) is 3. The summed E-state index contributed by atoms with van der Waals surface area (Å²) in [6, 6.07) is 6.13. The van der Waals surface area contributed by atoms with Gasteiger partial charge >= 0.3 is 0 Å². The third-order valence-electron chi connectivity index (χ3n) is 3.47. The minimum atomic E-state index is -0.253. The van der Waals surface area contributed by atoms with E-state index in [9.17, 15) is 4.39 Å². The Labute approximate surface area is 127 Å². The molecule has 0 aliphatic carbocycles. The molecule has 1 saturated heterocycles. The summed E-state index contributed by atoms with van der Waals surface area (Å²) in [6.07, 6.45) is 5.14. The van der Waals surface area contributed by atoms with Crippen LogP contribution in [0.25, 0.3) is 0 Å². The van der Waals surface area contributed by atoms with Crippen LogP contribution in [0.3, 0.4) is 0 Å². The number of rotatable bonds is 3. The molecule has 1 aliphatic rings. The number of aromatic nitrogens is 2. The third kappa shape index (κ3) is 3.61. The molecule has 0 N–H and O–H groups in total. The van der Waals surface area contributed by atoms with E-state index >= 15 is 0 Å². The van der Waals surface area contributed by atoms with Gasteiger partial charge in [0.15, 0.2) is 0 Å². The molecule has 0 amide bonds. The average Bonchev–Trinajstić information content (AvgIpc) is 2.50. The highest BCUT2D eigenvalue weighted by atomic mass is 35.5. The summed E-state index contributed by atoms with van der Waals surface area (Å²) < 4.78 is 18.7. The van der Waals surface area contributed by atoms with E-state index in [2.05, 4.69) is 14.9 Å². The second-order valence-electron chi connectivity index (χ2n) is 4.96. The highest BCUT2D eigenvalue weighted by Crippen LogP contribution is 2.22. The molecule has 0 unspecified atom stereocenters. The molecule has 1 aliphatic heterocycles. The first-order valence-electron chi connectivity index (χ1n) is 6.85. The second kappa shape index (κ2) is 6.26. The zero-order valence-corrected chi connectivity index (χ0v) is 12.1. The van der Waals surface area contributed by atoms with Crippen molar-refractivity contribution >= 4 is 17.4 Å². The van der Waals surface area contributed by atoms with Crippen molar-refractivity contribution < 1.29 is 9.13 Å². The molecule has 3 rings (SSSR count). The Morgan fingerprint density at radius 1 is 1.14 bits per heavy atom. The molecule has 0 bridgehead atoms. The summed E-state index contributed by atoms with van der Waals surface area (Å²) in [5.41, 5.74) is 0. The predicted molar refractivity (Wildman–Crippen MR) is 79.3 cm³/mol. The molecule has 4 nitrogen and oxygen atoms in total. The fourth-order valence-corrected chi connectivity index (χ4v) is 2.54. The largest absolute Gasteiger partial charge is 0.490 e. The topological polar surface area (TPSA) is 38.2 Å². The number of anilines is 1. The molecule has 6 heteroatoms. The van der Waals surface area contributed by atoms with Crippen LogP contribution in [-0.4, -0.2) is 29.2 Å². The smallest absolute Gasteiger partial charge is 0.149 e. The summed E-state index contributed by atoms with van der Waals surface area (Å²) >= 11 is 5.86. The van der Waals surface area contributed by atoms with Crippen LogP contribution in [0, 0.1) is 5.82 Å². The maximum atomic E-state index is 12.9. The van der Waals surface area contributed by atoms with Crippen LogP contribution in [0.4, 0.5) is 10.2 Å². The Morgan fingerprint density at radius 3 is 2.52 bits per heavy atom. The van der Waals surface area contributed by atoms with Crippen molar-refractivity contribution in [2.75, 3.05) is 18.0 Å². The number of piperidine rings is 1. The quantitative estimate of drug-likeness (QED) is 0.872. The average molecular weight is 308 g/mol. The lowest BCUT2D eigenvalue weighted by atomic mass is 10.1. The van der Waals surface area contributed by atoms with Crippen LogP contribution in [-0.2, 0) is 0 Å². The van der Waals surface area contributed by atoms with Gasteiger partial charge in [-0.05, 0) is 24.3 Å². The van der Waals surface area contributed by atoms with Gasteiger partial charge in [0.05, 0.1) is 12.4 Å². The van der Waals surface area contributed by atoms with Crippen LogP contribution < -0.4 is 9.64 Å². The Bertz CT molecular complexity index is 600. The lowest BCUT2D eigenvalue weighted by molar-refractivity contribution is 0.170. The summed E-state index contributed by atoms with van der Waals surface area (Å²) in [5.74, 6) is 1.25. The molecule has 2 aromatic rings. The van der Waals surface area contributed by atoms with E-state index in [-0.39, 0.29) is 11.9 Å². The minimum Gasteiger partial charge on any atom is -0.490 e. The van der Waals surface area contributed by atoms with Crippen molar-refractivity contribution in [2.45, 2.75) is 18.9 Å². The van der Waals surface area contributed by atoms with Crippen molar-refractivity contribution in [3.05, 3.63) is 47.6 Å². The monoisotopic (exact) mass is 307 g/mol. The van der Waals surface area contributed by atoms with Crippen LogP contribution in [0.1, 0.15) is 12.8 Å². The standard InChI is InChI=1S/C15H15ClFN3O/c16-14-9-18-10-15(19-14)20-7-5-13(6-8-20)21-12-3-1-11(17)2-4-12/h1-4,9-10,13H,5-8H2. The molecule has 2 heterocycles. The van der Waals surface area contributed by atoms with Gasteiger partial charge in [0.2, 0.25) is 0 Å². The Kier molecular flexibility index (Phi) is 4.20. The molecule has 110 valence electrons. The first-order chi connectivity index (χ1) is 10.2. The number of ether oxygens (including phenoxy) is 1. The molecular formula is C15H15ClFN3O. The maximum absolute atomic E-state index is 12.9. The second-order valence-corrected chi connectivity index (χ2v) is 5.35. The van der Waals surface area contributed by atoms with Gasteiger partial charge in [-0.15, -0.1) is 0 Å². The lowest BCUT2D eigenvalue weighted by Crippen LogP contribution is -2.38. The SMILES string of the molecule is Fc1ccc(OC2CCN(c3cncc(Cl)n3)CC2)cc1. The number of hydrogen-bond acceptors (Lipinski definition) is 4. The highest BCUT2D eigenvalue weighted by molar-refractivity contribution is 6.29. The number of hydrogen-bond donors (Lipinski definition) is 0. The third-order valence-corrected chi connectivity index (χ3v) is 3.66. The predicted octanol–water partition coefficient (Wildman–Crippen LogP) is 3.32. The number of halogens is 2. The van der Waals surface area contributed by atoms with Crippen LogP contribution in [0.2, 0.25) is 5.15 Å². The Morgan fingerprint density at radius 2 is 1.86 bits per heavy atom. The van der Waals surface area contributed by atoms with E-state index in [0.29, 0.717) is 10.9 Å². The molecule has 0 saturated carbocycles. The summed E-state index contributed by atoms with van der Waals surface area (Å²) in [4.78, 5) is 10.5. The van der Waals surface area contributed by atoms with E-state index < -0.39 is 0 Å². The van der Waals surface area contributed by atoms with Crippen molar-refractivity contribution in [3.8, 4) is 5.75 Å². The Hall–Kier alpha value is -1.88. The van der Waals surface area contributed by atoms with E-state index in [0.717, 1.165) is 31.7 Å². The molecule has 1 aromatic heterocycles. The van der Waals surface area contributed by atoms with Crippen molar-refractivity contribution in [2.24, 2.45) is 0 Å². The van der Waals surface area contributed by atoms with Crippen LogP contribution in [0.15, 0.2) is 36.7 Å². The van der Waals surface area contributed by atoms with E-state index in [1.807, 2.05) is 0 Å². The minimum absolute atomic E-state index is 0.138. The molecule has 1 aromatic carbocycles. The molecule has 0 atom stereocenters. The first kappa shape index (κ1) is 14.1. The highest BCUT2D eigenvalue weighted by Gasteiger charge is 2.21. The molecule has 1 fully saturated rings. The normalized spacial score (nSPS) is 16.0. The van der Waals surface area contributed by atoms with Gasteiger partial charge in [-0.3, -0.25) is 4.98 Å². The van der Waals surface area contributed by atoms with Crippen LogP contribution in [0.5, 0.6) is 5.75 Å². The van der Waals surface area contributed by atoms with Gasteiger partial charge in [-0.25, -0.2) is 9.37 Å². The van der Waals surface area contributed by atoms with Gasteiger partial charge in [-0.1, -0.05) is 11.6 Å². The van der Waals surface area contributed by atoms with Gasteiger partial charge in [0, 0.05) is 25.9 Å². The molecule has 0 radical (unpaired) electrons. The van der Waals surface area contributed by atoms with E-state index in [1.165, 1.54) is 18.3 Å². The number of benzene rings is 1. The zero-order chi connectivity index (χ0) is 14.7. The van der Waals surface area contributed by atoms with Gasteiger partial charge in [-0.2, -0.15) is 0 Å². The van der Waals surface area contributed by atoms with E-state index in [1.54, 1.807) is 18.3 Å². The van der Waals surface area contributed by atoms with Crippen LogP contribution >= 0.6 is 11.6 Å². The molecular weight excluding hydrogens is 293 g/mol. The van der Waals surface area contributed by atoms with Crippen molar-refractivity contribution in [1.29, 1.82) is 0 Å². The maximum Gasteiger partial charge on any atom is 0.149 e. The first-order valence-corrected chi connectivity index (χ1v) is 7.23. The summed E-state index contributed by atoms with van der Waals surface area (Å²) in [6.45, 7) is 1.67. The van der Waals surface area contributed by atoms with Gasteiger partial charge < -0.3 is 9.64 Å². The van der Waals surface area contributed by atoms with Gasteiger partial charge in [0.1, 0.15) is 28.6 Å². The summed E-state index contributed by atoms with van der Waals surface area (Å²) in [5, 5.41) is 0.400. The van der Waals surface area contributed by atoms with Crippen molar-refractivity contribution in [3.63, 3.8) is 0 Å². The Balaban J connectivity index is 1.56. The fraction of sp³-hybridized carbons (Fsp3) is 0.333. The molecule has 21 heavy (non-hydrogen) atoms. The lowest BCUT2D eigenvalue weighted by Gasteiger charge is -2.32. The fourth-order valence-electron chi connectivity index (χ4n) is 2.39. The molecule has 0 spiro atoms.